The second-order valence-corrected chi connectivity index (χ2v) is 9.07. The maximum Gasteiger partial charge on any atom is 0.269 e. The number of aryl methyl sites for hydroxylation is 2. The van der Waals surface area contributed by atoms with Crippen LogP contribution in [0.25, 0.3) is 21.8 Å². The first kappa shape index (κ1) is 19.6. The van der Waals surface area contributed by atoms with Gasteiger partial charge in [-0.25, -0.2) is 9.97 Å². The lowest BCUT2D eigenvalue weighted by atomic mass is 9.99. The van der Waals surface area contributed by atoms with Crippen LogP contribution in [0.15, 0.2) is 53.9 Å². The minimum Gasteiger partial charge on any atom is -0.326 e. The Hall–Kier alpha value is -3.36. The second kappa shape index (κ2) is 8.05. The summed E-state index contributed by atoms with van der Waals surface area (Å²) in [6.45, 7) is 1.84. The Morgan fingerprint density at radius 1 is 1.06 bits per heavy atom. The molecular formula is C23H18N4O2S2. The smallest absolute Gasteiger partial charge is 0.269 e. The van der Waals surface area contributed by atoms with Gasteiger partial charge in [-0.1, -0.05) is 36.4 Å². The number of thiazole rings is 2. The fourth-order valence-corrected chi connectivity index (χ4v) is 5.15. The van der Waals surface area contributed by atoms with Crippen LogP contribution in [0.2, 0.25) is 0 Å². The highest BCUT2D eigenvalue weighted by Gasteiger charge is 2.19. The largest absolute Gasteiger partial charge is 0.326 e. The molecule has 4 aromatic rings. The summed E-state index contributed by atoms with van der Waals surface area (Å²) >= 11 is 2.76. The van der Waals surface area contributed by atoms with Crippen LogP contribution in [-0.4, -0.2) is 21.8 Å². The zero-order valence-electron chi connectivity index (χ0n) is 16.6. The Bertz CT molecular complexity index is 1290. The van der Waals surface area contributed by atoms with Gasteiger partial charge >= 0.3 is 0 Å². The molecule has 5 rings (SSSR count). The van der Waals surface area contributed by atoms with Crippen molar-refractivity contribution < 1.29 is 9.59 Å². The van der Waals surface area contributed by atoms with Gasteiger partial charge in [0.05, 0.1) is 11.4 Å². The van der Waals surface area contributed by atoms with Crippen LogP contribution in [0.5, 0.6) is 0 Å². The normalized spacial score (nSPS) is 12.9. The van der Waals surface area contributed by atoms with Gasteiger partial charge in [-0.15, -0.1) is 22.7 Å². The molecule has 154 valence electrons. The Morgan fingerprint density at radius 3 is 2.74 bits per heavy atom. The third-order valence-electron chi connectivity index (χ3n) is 5.04. The zero-order valence-corrected chi connectivity index (χ0v) is 18.3. The Kier molecular flexibility index (Phi) is 5.09. The van der Waals surface area contributed by atoms with Crippen molar-refractivity contribution in [1.29, 1.82) is 0 Å². The monoisotopic (exact) mass is 446 g/mol. The van der Waals surface area contributed by atoms with E-state index < -0.39 is 0 Å². The first-order valence-electron chi connectivity index (χ1n) is 9.80. The van der Waals surface area contributed by atoms with Gasteiger partial charge in [-0.2, -0.15) is 0 Å². The van der Waals surface area contributed by atoms with Gasteiger partial charge in [0.2, 0.25) is 5.91 Å². The molecular weight excluding hydrogens is 428 g/mol. The van der Waals surface area contributed by atoms with Gasteiger partial charge in [0.15, 0.2) is 5.13 Å². The van der Waals surface area contributed by atoms with Gasteiger partial charge in [0.1, 0.15) is 9.88 Å². The third kappa shape index (κ3) is 3.99. The van der Waals surface area contributed by atoms with Crippen molar-refractivity contribution in [3.8, 4) is 21.8 Å². The van der Waals surface area contributed by atoms with Crippen molar-refractivity contribution in [3.05, 3.63) is 70.0 Å². The number of nitrogens with one attached hydrogen (secondary N) is 2. The molecule has 1 aliphatic heterocycles. The molecule has 0 spiro atoms. The summed E-state index contributed by atoms with van der Waals surface area (Å²) in [6, 6.07) is 15.7. The Labute approximate surface area is 187 Å². The fourth-order valence-electron chi connectivity index (χ4n) is 3.47. The van der Waals surface area contributed by atoms with E-state index >= 15 is 0 Å². The standard InChI is InChI=1S/C23H18N4O2S2/c1-13-20(31-22(24-13)14-5-3-2-4-6-14)21(29)27-23-26-18(12-30-23)16-7-9-17-15(11-16)8-10-19(28)25-17/h2-7,9,11-12H,8,10H2,1H3,(H,25,28)(H,26,27,29). The molecule has 1 aliphatic rings. The quantitative estimate of drug-likeness (QED) is 0.441. The average Bonchev–Trinajstić information content (AvgIpc) is 3.40. The van der Waals surface area contributed by atoms with E-state index in [0.717, 1.165) is 39.5 Å². The maximum absolute atomic E-state index is 12.8. The summed E-state index contributed by atoms with van der Waals surface area (Å²) < 4.78 is 0. The van der Waals surface area contributed by atoms with E-state index in [9.17, 15) is 9.59 Å². The van der Waals surface area contributed by atoms with Crippen LogP contribution in [-0.2, 0) is 11.2 Å². The van der Waals surface area contributed by atoms with Crippen molar-refractivity contribution in [3.63, 3.8) is 0 Å². The molecule has 0 saturated heterocycles. The number of carbonyl (C=O) groups excluding carboxylic acids is 2. The highest BCUT2D eigenvalue weighted by Crippen LogP contribution is 2.32. The summed E-state index contributed by atoms with van der Waals surface area (Å²) in [7, 11) is 0. The van der Waals surface area contributed by atoms with Crippen LogP contribution >= 0.6 is 22.7 Å². The molecule has 0 radical (unpaired) electrons. The predicted molar refractivity (Wildman–Crippen MR) is 125 cm³/mol. The van der Waals surface area contributed by atoms with Crippen LogP contribution < -0.4 is 10.6 Å². The van der Waals surface area contributed by atoms with Crippen molar-refractivity contribution in [2.24, 2.45) is 0 Å². The topological polar surface area (TPSA) is 84.0 Å². The number of hydrogen-bond acceptors (Lipinski definition) is 6. The number of amides is 2. The highest BCUT2D eigenvalue weighted by molar-refractivity contribution is 7.17. The van der Waals surface area contributed by atoms with E-state index in [4.69, 9.17) is 0 Å². The van der Waals surface area contributed by atoms with Gasteiger partial charge in [-0.05, 0) is 31.0 Å². The molecule has 0 saturated carbocycles. The van der Waals surface area contributed by atoms with Gasteiger partial charge in [0.25, 0.3) is 5.91 Å². The van der Waals surface area contributed by atoms with Gasteiger partial charge in [0, 0.05) is 28.6 Å². The third-order valence-corrected chi connectivity index (χ3v) is 7.01. The molecule has 3 heterocycles. The number of anilines is 2. The number of fused-ring (bicyclic) bond motifs is 1. The van der Waals surface area contributed by atoms with E-state index in [1.807, 2.05) is 54.8 Å². The first-order valence-corrected chi connectivity index (χ1v) is 11.5. The van der Waals surface area contributed by atoms with E-state index in [1.165, 1.54) is 22.7 Å². The second-order valence-electron chi connectivity index (χ2n) is 7.21. The van der Waals surface area contributed by atoms with E-state index in [-0.39, 0.29) is 11.8 Å². The first-order chi connectivity index (χ1) is 15.1. The number of carbonyl (C=O) groups is 2. The van der Waals surface area contributed by atoms with Gasteiger partial charge < -0.3 is 5.32 Å². The molecule has 2 amide bonds. The Morgan fingerprint density at radius 2 is 1.90 bits per heavy atom. The molecule has 0 fully saturated rings. The lowest BCUT2D eigenvalue weighted by molar-refractivity contribution is -0.116. The van der Waals surface area contributed by atoms with Crippen LogP contribution in [0, 0.1) is 6.92 Å². The zero-order chi connectivity index (χ0) is 21.4. The predicted octanol–water partition coefficient (Wildman–Crippen LogP) is 5.38. The molecule has 6 nitrogen and oxygen atoms in total. The summed E-state index contributed by atoms with van der Waals surface area (Å²) in [5.41, 5.74) is 5.42. The maximum atomic E-state index is 12.8. The van der Waals surface area contributed by atoms with E-state index in [2.05, 4.69) is 26.7 Å². The molecule has 2 aromatic carbocycles. The fraction of sp³-hybridized carbons (Fsp3) is 0.130. The average molecular weight is 447 g/mol. The van der Waals surface area contributed by atoms with Crippen LogP contribution in [0.4, 0.5) is 10.8 Å². The lowest BCUT2D eigenvalue weighted by Crippen LogP contribution is -2.18. The number of rotatable bonds is 4. The summed E-state index contributed by atoms with van der Waals surface area (Å²) in [5, 5.41) is 9.08. The molecule has 31 heavy (non-hydrogen) atoms. The molecule has 8 heteroatoms. The molecule has 0 bridgehead atoms. The van der Waals surface area contributed by atoms with Crippen molar-refractivity contribution in [2.45, 2.75) is 19.8 Å². The molecule has 0 unspecified atom stereocenters. The molecule has 2 aromatic heterocycles. The van der Waals surface area contributed by atoms with Crippen molar-refractivity contribution in [2.75, 3.05) is 10.6 Å². The van der Waals surface area contributed by atoms with Crippen LogP contribution in [0.1, 0.15) is 27.3 Å². The number of nitrogens with zero attached hydrogens (tertiary/aromatic N) is 2. The van der Waals surface area contributed by atoms with Crippen LogP contribution in [0.3, 0.4) is 0 Å². The molecule has 0 aliphatic carbocycles. The summed E-state index contributed by atoms with van der Waals surface area (Å²) in [4.78, 5) is 34.1. The van der Waals surface area contributed by atoms with Gasteiger partial charge in [-0.3, -0.25) is 14.9 Å². The summed E-state index contributed by atoms with van der Waals surface area (Å²) in [5.74, 6) is -0.154. The van der Waals surface area contributed by atoms with Crippen molar-refractivity contribution >= 4 is 45.3 Å². The molecule has 2 N–H and O–H groups in total. The number of benzene rings is 2. The Balaban J connectivity index is 1.34. The minimum atomic E-state index is -0.203. The summed E-state index contributed by atoms with van der Waals surface area (Å²) in [6.07, 6.45) is 1.21. The number of aromatic nitrogens is 2. The molecule has 0 atom stereocenters. The highest BCUT2D eigenvalue weighted by atomic mass is 32.1. The lowest BCUT2D eigenvalue weighted by Gasteiger charge is -2.17. The van der Waals surface area contributed by atoms with E-state index in [0.29, 0.717) is 22.1 Å². The van der Waals surface area contributed by atoms with E-state index in [1.54, 1.807) is 0 Å². The number of hydrogen-bond donors (Lipinski definition) is 2. The minimum absolute atomic E-state index is 0.0488. The van der Waals surface area contributed by atoms with Crippen molar-refractivity contribution in [1.82, 2.24) is 9.97 Å². The SMILES string of the molecule is Cc1nc(-c2ccccc2)sc1C(=O)Nc1nc(-c2ccc3c(c2)CCC(=O)N3)cs1.